The van der Waals surface area contributed by atoms with Crippen LogP contribution in [0.15, 0.2) is 16.7 Å². The van der Waals surface area contributed by atoms with Gasteiger partial charge in [0.15, 0.2) is 17.5 Å². The van der Waals surface area contributed by atoms with Crippen LogP contribution in [0.2, 0.25) is 0 Å². The van der Waals surface area contributed by atoms with Crippen molar-refractivity contribution in [3.05, 3.63) is 35.5 Å². The summed E-state index contributed by atoms with van der Waals surface area (Å²) < 4.78 is 43.9. The molecule has 0 aliphatic rings. The number of aromatic nitrogens is 2. The predicted octanol–water partition coefficient (Wildman–Crippen LogP) is 2.29. The highest BCUT2D eigenvalue weighted by molar-refractivity contribution is 5.54. The first kappa shape index (κ1) is 13.5. The van der Waals surface area contributed by atoms with Crippen molar-refractivity contribution < 1.29 is 17.7 Å². The molecular formula is C12H12F3N3O. The van der Waals surface area contributed by atoms with Gasteiger partial charge in [-0.05, 0) is 24.6 Å². The third kappa shape index (κ3) is 2.93. The number of nitrogens with two attached hydrogens (primary N) is 1. The number of rotatable bonds is 4. The Morgan fingerprint density at radius 3 is 2.47 bits per heavy atom. The van der Waals surface area contributed by atoms with Gasteiger partial charge in [-0.25, -0.2) is 13.2 Å². The number of benzene rings is 1. The molecular weight excluding hydrogens is 259 g/mol. The van der Waals surface area contributed by atoms with Gasteiger partial charge in [0, 0.05) is 12.0 Å². The van der Waals surface area contributed by atoms with Gasteiger partial charge in [-0.2, -0.15) is 4.98 Å². The standard InChI is InChI=1S/C12H12F3N3O/c1-6(5-16)2-10-17-12(18-19-10)7-3-8(13)11(15)9(14)4-7/h3-4,6H,2,5,16H2,1H3. The minimum Gasteiger partial charge on any atom is -0.339 e. The second kappa shape index (κ2) is 5.40. The normalized spacial score (nSPS) is 12.7. The van der Waals surface area contributed by atoms with Gasteiger partial charge in [0.2, 0.25) is 11.7 Å². The quantitative estimate of drug-likeness (QED) is 0.866. The minimum atomic E-state index is -1.52. The maximum Gasteiger partial charge on any atom is 0.227 e. The Bertz CT molecular complexity index is 562. The van der Waals surface area contributed by atoms with Crippen LogP contribution in [0.5, 0.6) is 0 Å². The highest BCUT2D eigenvalue weighted by atomic mass is 19.2. The van der Waals surface area contributed by atoms with Gasteiger partial charge in [0.05, 0.1) is 0 Å². The Balaban J connectivity index is 2.28. The topological polar surface area (TPSA) is 64.9 Å². The highest BCUT2D eigenvalue weighted by Gasteiger charge is 2.16. The van der Waals surface area contributed by atoms with Crippen molar-refractivity contribution in [1.82, 2.24) is 10.1 Å². The molecule has 2 rings (SSSR count). The van der Waals surface area contributed by atoms with Gasteiger partial charge in [-0.15, -0.1) is 0 Å². The van der Waals surface area contributed by atoms with E-state index in [1.807, 2.05) is 6.92 Å². The minimum absolute atomic E-state index is 0.0111. The van der Waals surface area contributed by atoms with Gasteiger partial charge in [0.25, 0.3) is 0 Å². The Kier molecular flexibility index (Phi) is 3.84. The molecule has 2 N–H and O–H groups in total. The van der Waals surface area contributed by atoms with E-state index in [1.165, 1.54) is 0 Å². The summed E-state index contributed by atoms with van der Waals surface area (Å²) in [7, 11) is 0. The Morgan fingerprint density at radius 2 is 1.89 bits per heavy atom. The largest absolute Gasteiger partial charge is 0.339 e. The fourth-order valence-corrected chi connectivity index (χ4v) is 1.52. The molecule has 0 saturated carbocycles. The molecule has 102 valence electrons. The van der Waals surface area contributed by atoms with Crippen molar-refractivity contribution in [3.63, 3.8) is 0 Å². The van der Waals surface area contributed by atoms with E-state index in [9.17, 15) is 13.2 Å². The van der Waals surface area contributed by atoms with E-state index in [2.05, 4.69) is 10.1 Å². The van der Waals surface area contributed by atoms with Crippen molar-refractivity contribution in [2.24, 2.45) is 11.7 Å². The first-order valence-electron chi connectivity index (χ1n) is 5.68. The van der Waals surface area contributed by atoms with E-state index >= 15 is 0 Å². The molecule has 0 radical (unpaired) electrons. The van der Waals surface area contributed by atoms with Crippen LogP contribution in [0.1, 0.15) is 12.8 Å². The van der Waals surface area contributed by atoms with Crippen LogP contribution in [-0.2, 0) is 6.42 Å². The molecule has 0 spiro atoms. The van der Waals surface area contributed by atoms with Crippen LogP contribution in [0, 0.1) is 23.4 Å². The Labute approximate surface area is 107 Å². The summed E-state index contributed by atoms with van der Waals surface area (Å²) in [5.74, 6) is -3.64. The van der Waals surface area contributed by atoms with Gasteiger partial charge >= 0.3 is 0 Å². The molecule has 2 aromatic rings. The number of nitrogens with zero attached hydrogens (tertiary/aromatic N) is 2. The molecule has 0 bridgehead atoms. The first-order chi connectivity index (χ1) is 9.01. The first-order valence-corrected chi connectivity index (χ1v) is 5.68. The third-order valence-corrected chi connectivity index (χ3v) is 2.64. The van der Waals surface area contributed by atoms with Crippen LogP contribution in [0.25, 0.3) is 11.4 Å². The molecule has 0 aliphatic heterocycles. The zero-order valence-electron chi connectivity index (χ0n) is 10.2. The number of hydrogen-bond donors (Lipinski definition) is 1. The summed E-state index contributed by atoms with van der Waals surface area (Å²) in [4.78, 5) is 3.99. The lowest BCUT2D eigenvalue weighted by Crippen LogP contribution is -2.13. The summed E-state index contributed by atoms with van der Waals surface area (Å²) in [6, 6.07) is 1.64. The van der Waals surface area contributed by atoms with Crippen LogP contribution in [-0.4, -0.2) is 16.7 Å². The van der Waals surface area contributed by atoms with E-state index in [1.54, 1.807) is 0 Å². The van der Waals surface area contributed by atoms with Crippen molar-refractivity contribution in [1.29, 1.82) is 0 Å². The molecule has 1 aromatic heterocycles. The van der Waals surface area contributed by atoms with Crippen LogP contribution in [0.3, 0.4) is 0 Å². The lowest BCUT2D eigenvalue weighted by atomic mass is 10.1. The molecule has 0 fully saturated rings. The van der Waals surface area contributed by atoms with Gasteiger partial charge in [-0.1, -0.05) is 12.1 Å². The SMILES string of the molecule is CC(CN)Cc1nc(-c2cc(F)c(F)c(F)c2)no1. The molecule has 7 heteroatoms. The molecule has 4 nitrogen and oxygen atoms in total. The van der Waals surface area contributed by atoms with Crippen LogP contribution >= 0.6 is 0 Å². The summed E-state index contributed by atoms with van der Waals surface area (Å²) in [5, 5.41) is 3.60. The number of halogens is 3. The van der Waals surface area contributed by atoms with Gasteiger partial charge in [0.1, 0.15) is 0 Å². The second-order valence-electron chi connectivity index (χ2n) is 4.31. The average Bonchev–Trinajstić information content (AvgIpc) is 2.83. The molecule has 1 aromatic carbocycles. The fourth-order valence-electron chi connectivity index (χ4n) is 1.52. The third-order valence-electron chi connectivity index (χ3n) is 2.64. The molecule has 0 amide bonds. The Morgan fingerprint density at radius 1 is 1.26 bits per heavy atom. The predicted molar refractivity (Wildman–Crippen MR) is 61.5 cm³/mol. The summed E-state index contributed by atoms with van der Waals surface area (Å²) in [5.41, 5.74) is 5.48. The molecule has 19 heavy (non-hydrogen) atoms. The molecule has 1 atom stereocenters. The van der Waals surface area contributed by atoms with E-state index in [4.69, 9.17) is 10.3 Å². The smallest absolute Gasteiger partial charge is 0.227 e. The lowest BCUT2D eigenvalue weighted by molar-refractivity contribution is 0.359. The van der Waals surface area contributed by atoms with E-state index in [0.717, 1.165) is 12.1 Å². The van der Waals surface area contributed by atoms with Gasteiger partial charge in [-0.3, -0.25) is 0 Å². The fraction of sp³-hybridized carbons (Fsp3) is 0.333. The van der Waals surface area contributed by atoms with Crippen LogP contribution < -0.4 is 5.73 Å². The highest BCUT2D eigenvalue weighted by Crippen LogP contribution is 2.21. The second-order valence-corrected chi connectivity index (χ2v) is 4.31. The van der Waals surface area contributed by atoms with Gasteiger partial charge < -0.3 is 10.3 Å². The molecule has 0 saturated heterocycles. The lowest BCUT2D eigenvalue weighted by Gasteiger charge is -2.02. The molecule has 1 heterocycles. The maximum absolute atomic E-state index is 13.1. The summed E-state index contributed by atoms with van der Waals surface area (Å²) >= 11 is 0. The monoisotopic (exact) mass is 271 g/mol. The maximum atomic E-state index is 13.1. The molecule has 1 unspecified atom stereocenters. The zero-order valence-corrected chi connectivity index (χ0v) is 10.2. The van der Waals surface area contributed by atoms with E-state index in [0.29, 0.717) is 18.9 Å². The van der Waals surface area contributed by atoms with Crippen molar-refractivity contribution in [3.8, 4) is 11.4 Å². The van der Waals surface area contributed by atoms with Crippen molar-refractivity contribution in [2.45, 2.75) is 13.3 Å². The number of hydrogen-bond acceptors (Lipinski definition) is 4. The summed E-state index contributed by atoms with van der Waals surface area (Å²) in [6.45, 7) is 2.36. The van der Waals surface area contributed by atoms with Crippen molar-refractivity contribution >= 4 is 0 Å². The average molecular weight is 271 g/mol. The van der Waals surface area contributed by atoms with E-state index in [-0.39, 0.29) is 17.3 Å². The van der Waals surface area contributed by atoms with E-state index < -0.39 is 17.5 Å². The molecule has 0 aliphatic carbocycles. The van der Waals surface area contributed by atoms with Crippen molar-refractivity contribution in [2.75, 3.05) is 6.54 Å². The van der Waals surface area contributed by atoms with Crippen LogP contribution in [0.4, 0.5) is 13.2 Å². The Hall–Kier alpha value is -1.89. The summed E-state index contributed by atoms with van der Waals surface area (Å²) in [6.07, 6.45) is 0.468. The zero-order chi connectivity index (χ0) is 14.0.